The van der Waals surface area contributed by atoms with Gasteiger partial charge in [0.1, 0.15) is 5.97 Å². The van der Waals surface area contributed by atoms with Gasteiger partial charge in [-0.05, 0) is 34.7 Å². The molecule has 0 saturated heterocycles. The van der Waals surface area contributed by atoms with Crippen LogP contribution in [0.2, 0.25) is 0 Å². The van der Waals surface area contributed by atoms with Gasteiger partial charge in [-0.2, -0.15) is 0 Å². The minimum atomic E-state index is -1.20. The van der Waals surface area contributed by atoms with Crippen LogP contribution in [0.25, 0.3) is 11.1 Å². The highest BCUT2D eigenvalue weighted by Gasteiger charge is 2.29. The van der Waals surface area contributed by atoms with Crippen LogP contribution in [0.3, 0.4) is 0 Å². The maximum Gasteiger partial charge on any atom is 0.157 e. The zero-order chi connectivity index (χ0) is 13.6. The van der Waals surface area contributed by atoms with Crippen molar-refractivity contribution in [1.29, 1.82) is 0 Å². The summed E-state index contributed by atoms with van der Waals surface area (Å²) in [7, 11) is 0. The Kier molecular flexibility index (Phi) is 2.47. The van der Waals surface area contributed by atoms with E-state index < -0.39 is 11.5 Å². The molecule has 0 aliphatic heterocycles. The summed E-state index contributed by atoms with van der Waals surface area (Å²) in [5, 5.41) is 11.2. The Hall–Kier alpha value is -2.13. The van der Waals surface area contributed by atoms with Gasteiger partial charge in [0.15, 0.2) is 5.54 Å². The Morgan fingerprint density at radius 2 is 1.84 bits per heavy atom. The van der Waals surface area contributed by atoms with Gasteiger partial charge in [0, 0.05) is 12.5 Å². The van der Waals surface area contributed by atoms with E-state index in [4.69, 9.17) is 0 Å². The second-order valence-electron chi connectivity index (χ2n) is 5.33. The number of hydrogen-bond acceptors (Lipinski definition) is 2. The molecule has 1 aliphatic rings. The van der Waals surface area contributed by atoms with Gasteiger partial charge in [0.05, 0.1) is 0 Å². The second kappa shape index (κ2) is 3.93. The zero-order valence-corrected chi connectivity index (χ0v) is 10.8. The highest BCUT2D eigenvalue weighted by Crippen LogP contribution is 2.37. The van der Waals surface area contributed by atoms with Crippen molar-refractivity contribution in [3.63, 3.8) is 0 Å². The average Bonchev–Trinajstić information content (AvgIpc) is 2.75. The summed E-state index contributed by atoms with van der Waals surface area (Å²) >= 11 is 0. The number of carbonyl (C=O) groups is 1. The Morgan fingerprint density at radius 3 is 2.58 bits per heavy atom. The van der Waals surface area contributed by atoms with E-state index in [0.29, 0.717) is 5.56 Å². The standard InChI is InChI=1S/C16H15NO2/c1-16(17,15(18)19)12-6-7-14-11(9-12)8-10-4-2-3-5-13(10)14/h2-7,9H,8,17H2,1H3,(H,18,19)/t16-/m0/s1. The first-order valence-electron chi connectivity index (χ1n) is 6.28. The molecular weight excluding hydrogens is 238 g/mol. The maximum atomic E-state index is 11.2. The van der Waals surface area contributed by atoms with Gasteiger partial charge < -0.3 is 15.6 Å². The number of rotatable bonds is 2. The molecule has 0 amide bonds. The number of benzene rings is 2. The molecule has 0 fully saturated rings. The Bertz CT molecular complexity index is 674. The monoisotopic (exact) mass is 253 g/mol. The molecule has 3 N–H and O–H groups in total. The SMILES string of the molecule is C[C@@]([NH3+])(C(=O)[O-])c1ccc2c(c1)Cc1ccccc1-2. The lowest BCUT2D eigenvalue weighted by Crippen LogP contribution is -2.75. The lowest BCUT2D eigenvalue weighted by Gasteiger charge is -2.23. The van der Waals surface area contributed by atoms with E-state index in [2.05, 4.69) is 17.9 Å². The van der Waals surface area contributed by atoms with Gasteiger partial charge in [-0.25, -0.2) is 0 Å². The minimum absolute atomic E-state index is 0.694. The van der Waals surface area contributed by atoms with Crippen LogP contribution in [-0.4, -0.2) is 5.97 Å². The first-order chi connectivity index (χ1) is 9.00. The van der Waals surface area contributed by atoms with Crippen molar-refractivity contribution in [3.8, 4) is 11.1 Å². The van der Waals surface area contributed by atoms with Gasteiger partial charge in [-0.1, -0.05) is 36.4 Å². The number of carboxylic acids is 1. The van der Waals surface area contributed by atoms with Crippen LogP contribution in [0.4, 0.5) is 0 Å². The van der Waals surface area contributed by atoms with Gasteiger partial charge in [-0.3, -0.25) is 0 Å². The number of hydrogen-bond donors (Lipinski definition) is 1. The first kappa shape index (κ1) is 11.9. The second-order valence-corrected chi connectivity index (χ2v) is 5.33. The molecule has 0 spiro atoms. The third-order valence-electron chi connectivity index (χ3n) is 3.88. The van der Waals surface area contributed by atoms with Gasteiger partial charge in [-0.15, -0.1) is 0 Å². The molecular formula is C16H15NO2. The fraction of sp³-hybridized carbons (Fsp3) is 0.188. The highest BCUT2D eigenvalue weighted by atomic mass is 16.4. The van der Waals surface area contributed by atoms with Crippen molar-refractivity contribution in [2.24, 2.45) is 0 Å². The average molecular weight is 253 g/mol. The van der Waals surface area contributed by atoms with Crippen LogP contribution < -0.4 is 10.8 Å². The van der Waals surface area contributed by atoms with E-state index >= 15 is 0 Å². The quantitative estimate of drug-likeness (QED) is 0.721. The molecule has 19 heavy (non-hydrogen) atoms. The number of aliphatic carboxylic acids is 1. The molecule has 0 unspecified atom stereocenters. The summed E-state index contributed by atoms with van der Waals surface area (Å²) in [6.07, 6.45) is 0.850. The molecule has 2 aromatic rings. The number of carbonyl (C=O) groups excluding carboxylic acids is 1. The zero-order valence-electron chi connectivity index (χ0n) is 10.8. The highest BCUT2D eigenvalue weighted by molar-refractivity contribution is 5.80. The van der Waals surface area contributed by atoms with Crippen LogP contribution in [0.15, 0.2) is 42.5 Å². The predicted molar refractivity (Wildman–Crippen MR) is 69.9 cm³/mol. The largest absolute Gasteiger partial charge is 0.543 e. The lowest BCUT2D eigenvalue weighted by atomic mass is 9.90. The third kappa shape index (κ3) is 1.74. The Labute approximate surface area is 111 Å². The topological polar surface area (TPSA) is 67.8 Å². The molecule has 2 aromatic carbocycles. The maximum absolute atomic E-state index is 11.2. The molecule has 0 aromatic heterocycles. The third-order valence-corrected chi connectivity index (χ3v) is 3.88. The molecule has 0 bridgehead atoms. The minimum Gasteiger partial charge on any atom is -0.543 e. The van der Waals surface area contributed by atoms with Crippen LogP contribution in [0.5, 0.6) is 0 Å². The van der Waals surface area contributed by atoms with E-state index in [1.807, 2.05) is 30.3 Å². The van der Waals surface area contributed by atoms with Crippen molar-refractivity contribution in [2.75, 3.05) is 0 Å². The van der Waals surface area contributed by atoms with Gasteiger partial charge >= 0.3 is 0 Å². The van der Waals surface area contributed by atoms with Crippen molar-refractivity contribution in [3.05, 3.63) is 59.2 Å². The molecule has 96 valence electrons. The Balaban J connectivity index is 2.10. The van der Waals surface area contributed by atoms with Crippen LogP contribution in [-0.2, 0) is 16.8 Å². The Morgan fingerprint density at radius 1 is 1.16 bits per heavy atom. The number of carboxylic acid groups (broad SMARTS) is 1. The normalized spacial score (nSPS) is 15.5. The predicted octanol–water partition coefficient (Wildman–Crippen LogP) is 0.465. The molecule has 0 saturated carbocycles. The van der Waals surface area contributed by atoms with Crippen molar-refractivity contribution >= 4 is 5.97 Å². The van der Waals surface area contributed by atoms with E-state index in [9.17, 15) is 9.90 Å². The van der Waals surface area contributed by atoms with Crippen molar-refractivity contribution < 1.29 is 15.6 Å². The summed E-state index contributed by atoms with van der Waals surface area (Å²) in [6, 6.07) is 14.0. The number of fused-ring (bicyclic) bond motifs is 3. The summed E-state index contributed by atoms with van der Waals surface area (Å²) < 4.78 is 0. The van der Waals surface area contributed by atoms with Crippen LogP contribution in [0, 0.1) is 0 Å². The van der Waals surface area contributed by atoms with E-state index in [-0.39, 0.29) is 0 Å². The van der Waals surface area contributed by atoms with E-state index in [0.717, 1.165) is 12.0 Å². The van der Waals surface area contributed by atoms with E-state index in [1.165, 1.54) is 16.7 Å². The summed E-state index contributed by atoms with van der Waals surface area (Å²) in [5.41, 5.74) is 8.12. The summed E-state index contributed by atoms with van der Waals surface area (Å²) in [5.74, 6) is -1.15. The summed E-state index contributed by atoms with van der Waals surface area (Å²) in [6.45, 7) is 1.58. The number of quaternary nitrogens is 1. The molecule has 0 heterocycles. The molecule has 1 aliphatic carbocycles. The fourth-order valence-electron chi connectivity index (χ4n) is 2.61. The molecule has 1 atom stereocenters. The molecule has 3 nitrogen and oxygen atoms in total. The smallest absolute Gasteiger partial charge is 0.157 e. The van der Waals surface area contributed by atoms with E-state index in [1.54, 1.807) is 6.92 Å². The molecule has 3 heteroatoms. The molecule has 3 rings (SSSR count). The lowest BCUT2D eigenvalue weighted by molar-refractivity contribution is -0.489. The van der Waals surface area contributed by atoms with Gasteiger partial charge in [0.2, 0.25) is 0 Å². The van der Waals surface area contributed by atoms with Crippen molar-refractivity contribution in [1.82, 2.24) is 0 Å². The molecule has 0 radical (unpaired) electrons. The van der Waals surface area contributed by atoms with Crippen LogP contribution >= 0.6 is 0 Å². The fourth-order valence-corrected chi connectivity index (χ4v) is 2.61. The van der Waals surface area contributed by atoms with Crippen molar-refractivity contribution in [2.45, 2.75) is 18.9 Å². The van der Waals surface area contributed by atoms with Crippen LogP contribution in [0.1, 0.15) is 23.6 Å². The van der Waals surface area contributed by atoms with Gasteiger partial charge in [0.25, 0.3) is 0 Å². The summed E-state index contributed by atoms with van der Waals surface area (Å²) in [4.78, 5) is 11.2. The first-order valence-corrected chi connectivity index (χ1v) is 6.28.